The van der Waals surface area contributed by atoms with Crippen LogP contribution in [-0.2, 0) is 28.6 Å². The molecule has 1 unspecified atom stereocenters. The summed E-state index contributed by atoms with van der Waals surface area (Å²) in [5.74, 6) is -0.261. The summed E-state index contributed by atoms with van der Waals surface area (Å²) in [6.45, 7) is 14.9. The molecule has 9 nitrogen and oxygen atoms in total. The van der Waals surface area contributed by atoms with Crippen molar-refractivity contribution in [3.63, 3.8) is 0 Å². The molecule has 12 heteroatoms. The van der Waals surface area contributed by atoms with Crippen molar-refractivity contribution in [2.75, 3.05) is 13.1 Å². The Labute approximate surface area is 276 Å². The zero-order valence-corrected chi connectivity index (χ0v) is 29.7. The molecule has 0 spiro atoms. The Bertz CT molecular complexity index is 748. The summed E-state index contributed by atoms with van der Waals surface area (Å²) in [4.78, 5) is 43.4. The molecule has 0 aromatic carbocycles. The number of hydrogen-bond donors (Lipinski definition) is 2. The molecular formula is C34H65F3N2O7. The van der Waals surface area contributed by atoms with E-state index in [1.165, 1.54) is 51.4 Å². The second-order valence-electron chi connectivity index (χ2n) is 12.2. The monoisotopic (exact) mass is 670 g/mol. The number of esters is 2. The van der Waals surface area contributed by atoms with Gasteiger partial charge in [0.1, 0.15) is 17.8 Å². The molecule has 3 N–H and O–H groups in total. The number of hydrogen-bond acceptors (Lipinski definition) is 8. The molecule has 0 aliphatic rings. The van der Waals surface area contributed by atoms with E-state index in [0.717, 1.165) is 38.5 Å². The van der Waals surface area contributed by atoms with E-state index < -0.39 is 24.2 Å². The molecule has 0 aliphatic carbocycles. The van der Waals surface area contributed by atoms with Gasteiger partial charge in [0, 0.05) is 19.4 Å². The summed E-state index contributed by atoms with van der Waals surface area (Å²) in [6, 6.07) is 0. The number of carbonyl (C=O) groups is 4. The van der Waals surface area contributed by atoms with E-state index in [1.807, 2.05) is 27.7 Å². The molecule has 0 aromatic heterocycles. The second kappa shape index (κ2) is 31.2. The van der Waals surface area contributed by atoms with Gasteiger partial charge in [-0.3, -0.25) is 14.4 Å². The van der Waals surface area contributed by atoms with E-state index >= 15 is 0 Å². The van der Waals surface area contributed by atoms with Crippen LogP contribution in [0.25, 0.3) is 0 Å². The van der Waals surface area contributed by atoms with Crippen LogP contribution in [-0.4, -0.2) is 61.4 Å². The van der Waals surface area contributed by atoms with Crippen molar-refractivity contribution in [1.29, 1.82) is 0 Å². The molecule has 0 saturated carbocycles. The Morgan fingerprint density at radius 3 is 1.59 bits per heavy atom. The van der Waals surface area contributed by atoms with Crippen LogP contribution in [0.2, 0.25) is 0 Å². The number of aldehydes is 1. The highest BCUT2D eigenvalue weighted by Crippen LogP contribution is 2.16. The van der Waals surface area contributed by atoms with E-state index in [0.29, 0.717) is 32.4 Å². The van der Waals surface area contributed by atoms with Crippen molar-refractivity contribution in [2.45, 2.75) is 182 Å². The summed E-state index contributed by atoms with van der Waals surface area (Å²) >= 11 is 0. The highest BCUT2D eigenvalue weighted by Gasteiger charge is 2.25. The topological polar surface area (TPSA) is 134 Å². The van der Waals surface area contributed by atoms with Crippen LogP contribution in [0.3, 0.4) is 0 Å². The lowest BCUT2D eigenvalue weighted by Crippen LogP contribution is -2.33. The van der Waals surface area contributed by atoms with E-state index in [2.05, 4.69) is 26.1 Å². The number of alkyl carbamates (subject to hydrolysis) is 1. The van der Waals surface area contributed by atoms with Gasteiger partial charge in [0.2, 0.25) is 6.29 Å². The molecule has 0 saturated heterocycles. The lowest BCUT2D eigenvalue weighted by Gasteiger charge is -2.19. The van der Waals surface area contributed by atoms with Gasteiger partial charge < -0.3 is 25.3 Å². The summed E-state index contributed by atoms with van der Waals surface area (Å²) in [5.41, 5.74) is 4.92. The van der Waals surface area contributed by atoms with E-state index in [1.54, 1.807) is 0 Å². The van der Waals surface area contributed by atoms with Gasteiger partial charge in [0.05, 0.1) is 0 Å². The highest BCUT2D eigenvalue weighted by molar-refractivity contribution is 5.70. The number of nitrogens with two attached hydrogens (primary N) is 1. The molecule has 1 atom stereocenters. The average molecular weight is 671 g/mol. The normalized spacial score (nSPS) is 11.7. The predicted octanol–water partition coefficient (Wildman–Crippen LogP) is 8.74. The quantitative estimate of drug-likeness (QED) is 0.0505. The molecule has 274 valence electrons. The summed E-state index contributed by atoms with van der Waals surface area (Å²) < 4.78 is 47.3. The van der Waals surface area contributed by atoms with Crippen molar-refractivity contribution in [3.05, 3.63) is 0 Å². The maximum absolute atomic E-state index is 11.7. The first-order chi connectivity index (χ1) is 21.6. The standard InChI is InChI=1S/C17H35NO2.C15H29NO4.C2HF3O/c1-3-5-7-9-12-16(13-10-8-6-4-2)20-17(19)14-11-15-18;1-6-9-12(7-2)19-13(17)10-8-11-16-14(18)20-15(3,4)5;3-2(4,5)1-6/h16H,3-15,18H2,1-2H3;12H,6-11H2,1-5H3,(H,16,18);1H. The van der Waals surface area contributed by atoms with E-state index in [9.17, 15) is 27.6 Å². The third-order valence-electron chi connectivity index (χ3n) is 6.37. The first-order valence-corrected chi connectivity index (χ1v) is 17.2. The number of nitrogens with one attached hydrogen (secondary N) is 1. The predicted molar refractivity (Wildman–Crippen MR) is 176 cm³/mol. The van der Waals surface area contributed by atoms with Crippen LogP contribution in [0.15, 0.2) is 0 Å². The van der Waals surface area contributed by atoms with Gasteiger partial charge >= 0.3 is 24.2 Å². The van der Waals surface area contributed by atoms with Crippen LogP contribution in [0, 0.1) is 0 Å². The van der Waals surface area contributed by atoms with Crippen molar-refractivity contribution in [3.8, 4) is 0 Å². The third-order valence-corrected chi connectivity index (χ3v) is 6.37. The Balaban J connectivity index is -0.000000682. The number of ether oxygens (including phenoxy) is 3. The van der Waals surface area contributed by atoms with Crippen molar-refractivity contribution >= 4 is 24.3 Å². The van der Waals surface area contributed by atoms with Crippen LogP contribution in [0.1, 0.15) is 158 Å². The average Bonchev–Trinajstić information content (AvgIpc) is 2.97. The third kappa shape index (κ3) is 39.7. The minimum absolute atomic E-state index is 0.0197. The van der Waals surface area contributed by atoms with Crippen LogP contribution in [0.5, 0.6) is 0 Å². The van der Waals surface area contributed by atoms with E-state index in [-0.39, 0.29) is 24.1 Å². The van der Waals surface area contributed by atoms with Crippen molar-refractivity contribution < 1.29 is 46.6 Å². The molecule has 0 aliphatic heterocycles. The largest absolute Gasteiger partial charge is 0.462 e. The molecule has 0 heterocycles. The number of unbranched alkanes of at least 4 members (excludes halogenated alkanes) is 6. The molecule has 0 aromatic rings. The number of rotatable bonds is 22. The number of carbonyl (C=O) groups excluding carboxylic acids is 4. The minimum atomic E-state index is -4.64. The molecule has 1 amide bonds. The fourth-order valence-electron chi connectivity index (χ4n) is 4.00. The van der Waals surface area contributed by atoms with Gasteiger partial charge in [-0.15, -0.1) is 0 Å². The maximum Gasteiger partial charge on any atom is 0.446 e. The fraction of sp³-hybridized carbons (Fsp3) is 0.882. The van der Waals surface area contributed by atoms with Crippen molar-refractivity contribution in [1.82, 2.24) is 5.32 Å². The van der Waals surface area contributed by atoms with Gasteiger partial charge in [0.25, 0.3) is 0 Å². The Morgan fingerprint density at radius 2 is 1.20 bits per heavy atom. The van der Waals surface area contributed by atoms with Gasteiger partial charge in [-0.2, -0.15) is 13.2 Å². The molecule has 0 radical (unpaired) electrons. The second-order valence-corrected chi connectivity index (χ2v) is 12.2. The zero-order chi connectivity index (χ0) is 35.9. The van der Waals surface area contributed by atoms with Crippen LogP contribution >= 0.6 is 0 Å². The van der Waals surface area contributed by atoms with E-state index in [4.69, 9.17) is 24.7 Å². The lowest BCUT2D eigenvalue weighted by molar-refractivity contribution is -0.156. The first kappa shape index (κ1) is 48.0. The molecule has 0 rings (SSSR count). The van der Waals surface area contributed by atoms with Gasteiger partial charge in [0.15, 0.2) is 0 Å². The maximum atomic E-state index is 11.7. The molecule has 0 fully saturated rings. The number of amides is 1. The molecule has 0 bridgehead atoms. The lowest BCUT2D eigenvalue weighted by atomic mass is 10.0. The minimum Gasteiger partial charge on any atom is -0.462 e. The first-order valence-electron chi connectivity index (χ1n) is 17.2. The Kier molecular flexibility index (Phi) is 32.6. The molecular weight excluding hydrogens is 605 g/mol. The van der Waals surface area contributed by atoms with Crippen LogP contribution < -0.4 is 11.1 Å². The smallest absolute Gasteiger partial charge is 0.446 e. The van der Waals surface area contributed by atoms with Crippen LogP contribution in [0.4, 0.5) is 18.0 Å². The summed E-state index contributed by atoms with van der Waals surface area (Å²) in [6.07, 6.45) is 10.8. The molecule has 46 heavy (non-hydrogen) atoms. The summed E-state index contributed by atoms with van der Waals surface area (Å²) in [7, 11) is 0. The van der Waals surface area contributed by atoms with Gasteiger partial charge in [-0.25, -0.2) is 4.79 Å². The SMILES string of the molecule is CCCC(CC)OC(=O)CCCNC(=O)OC(C)(C)C.CCCCCCC(CCCCCC)OC(=O)CCCN.O=CC(F)(F)F. The fourth-order valence-corrected chi connectivity index (χ4v) is 4.00. The van der Waals surface area contributed by atoms with Gasteiger partial charge in [-0.05, 0) is 78.7 Å². The highest BCUT2D eigenvalue weighted by atomic mass is 19.4. The number of alkyl halides is 3. The van der Waals surface area contributed by atoms with Gasteiger partial charge in [-0.1, -0.05) is 72.6 Å². The summed E-state index contributed by atoms with van der Waals surface area (Å²) in [5, 5.41) is 2.62. The van der Waals surface area contributed by atoms with Crippen molar-refractivity contribution in [2.24, 2.45) is 5.73 Å². The number of halogens is 3. The Morgan fingerprint density at radius 1 is 0.717 bits per heavy atom. The zero-order valence-electron chi connectivity index (χ0n) is 29.7. The Hall–Kier alpha value is -2.37.